The van der Waals surface area contributed by atoms with Crippen LogP contribution in [0.3, 0.4) is 0 Å². The molecule has 0 aliphatic carbocycles. The molecule has 0 saturated heterocycles. The minimum atomic E-state index is 0.212. The van der Waals surface area contributed by atoms with Crippen molar-refractivity contribution in [1.29, 1.82) is 0 Å². The van der Waals surface area contributed by atoms with E-state index >= 15 is 0 Å². The summed E-state index contributed by atoms with van der Waals surface area (Å²) < 4.78 is 14.5. The van der Waals surface area contributed by atoms with E-state index in [-0.39, 0.29) is 6.61 Å². The minimum Gasteiger partial charge on any atom is -0.497 e. The first kappa shape index (κ1) is 18.2. The molecule has 8 nitrogen and oxygen atoms in total. The van der Waals surface area contributed by atoms with Crippen LogP contribution in [0, 0.1) is 0 Å². The third-order valence-electron chi connectivity index (χ3n) is 4.35. The van der Waals surface area contributed by atoms with Crippen molar-refractivity contribution >= 4 is 22.8 Å². The Morgan fingerprint density at radius 2 is 1.86 bits per heavy atom. The maximum atomic E-state index is 6.14. The molecule has 0 atom stereocenters. The van der Waals surface area contributed by atoms with Crippen LogP contribution in [0.4, 0.5) is 0 Å². The highest BCUT2D eigenvalue weighted by Gasteiger charge is 2.14. The van der Waals surface area contributed by atoms with Crippen LogP contribution in [-0.2, 0) is 19.4 Å². The number of rotatable bonds is 7. The predicted molar refractivity (Wildman–Crippen MR) is 108 cm³/mol. The van der Waals surface area contributed by atoms with Crippen LogP contribution in [0.5, 0.6) is 11.5 Å². The number of hydrogen-bond acceptors (Lipinski definition) is 7. The van der Waals surface area contributed by atoms with Gasteiger partial charge in [-0.1, -0.05) is 30.0 Å². The summed E-state index contributed by atoms with van der Waals surface area (Å²) in [5.74, 6) is 9.67. The Hall–Kier alpha value is -3.20. The summed E-state index contributed by atoms with van der Waals surface area (Å²) in [5, 5.41) is 8.91. The van der Waals surface area contributed by atoms with Gasteiger partial charge in [-0.3, -0.25) is 0 Å². The third kappa shape index (κ3) is 3.61. The van der Waals surface area contributed by atoms with Crippen LogP contribution in [0.25, 0.3) is 11.0 Å². The quantitative estimate of drug-likeness (QED) is 0.379. The molecule has 0 aliphatic heterocycles. The van der Waals surface area contributed by atoms with Gasteiger partial charge in [0.05, 0.1) is 23.9 Å². The molecule has 144 valence electrons. The normalized spacial score (nSPS) is 11.1. The highest BCUT2D eigenvalue weighted by Crippen LogP contribution is 2.24. The average Bonchev–Trinajstić information content (AvgIpc) is 3.24. The number of aryl methyl sites for hydroxylation is 1. The molecule has 0 spiro atoms. The van der Waals surface area contributed by atoms with E-state index in [0.29, 0.717) is 22.5 Å². The Bertz CT molecular complexity index is 1110. The van der Waals surface area contributed by atoms with E-state index in [1.165, 1.54) is 16.4 Å². The summed E-state index contributed by atoms with van der Waals surface area (Å²) in [4.78, 5) is 4.66. The van der Waals surface area contributed by atoms with Crippen LogP contribution in [-0.4, -0.2) is 31.5 Å². The van der Waals surface area contributed by atoms with Crippen LogP contribution < -0.4 is 15.3 Å². The lowest BCUT2D eigenvalue weighted by molar-refractivity contribution is 0.289. The maximum absolute atomic E-state index is 6.14. The summed E-state index contributed by atoms with van der Waals surface area (Å²) in [5.41, 5.74) is 2.07. The van der Waals surface area contributed by atoms with Crippen molar-refractivity contribution in [3.63, 3.8) is 0 Å². The molecule has 2 heterocycles. The lowest BCUT2D eigenvalue weighted by atomic mass is 10.3. The van der Waals surface area contributed by atoms with Gasteiger partial charge in [-0.2, -0.15) is 0 Å². The number of nitrogen functional groups attached to an aromatic ring is 1. The Labute approximate surface area is 166 Å². The minimum absolute atomic E-state index is 0.212. The van der Waals surface area contributed by atoms with Gasteiger partial charge in [-0.25, -0.2) is 9.66 Å². The van der Waals surface area contributed by atoms with Gasteiger partial charge in [-0.05, 0) is 24.3 Å². The number of para-hydroxylation sites is 2. The number of benzene rings is 2. The molecule has 2 aromatic carbocycles. The molecule has 0 unspecified atom stereocenters. The van der Waals surface area contributed by atoms with Crippen molar-refractivity contribution in [1.82, 2.24) is 24.4 Å². The largest absolute Gasteiger partial charge is 0.497 e. The van der Waals surface area contributed by atoms with E-state index in [4.69, 9.17) is 15.3 Å². The molecule has 0 radical (unpaired) electrons. The number of methoxy groups -OCH3 is 1. The fourth-order valence-corrected chi connectivity index (χ4v) is 3.66. The monoisotopic (exact) mass is 396 g/mol. The van der Waals surface area contributed by atoms with E-state index in [1.54, 1.807) is 13.2 Å². The summed E-state index contributed by atoms with van der Waals surface area (Å²) >= 11 is 1.48. The van der Waals surface area contributed by atoms with Gasteiger partial charge in [0.25, 0.3) is 0 Å². The Morgan fingerprint density at radius 3 is 2.68 bits per heavy atom. The number of thioether (sulfide) groups is 1. The molecule has 0 saturated carbocycles. The fourth-order valence-electron chi connectivity index (χ4n) is 2.80. The zero-order chi connectivity index (χ0) is 19.5. The number of nitrogens with zero attached hydrogens (tertiary/aromatic N) is 5. The van der Waals surface area contributed by atoms with E-state index in [1.807, 2.05) is 43.4 Å². The zero-order valence-corrected chi connectivity index (χ0v) is 16.4. The second-order valence-corrected chi connectivity index (χ2v) is 7.04. The molecule has 0 fully saturated rings. The van der Waals surface area contributed by atoms with Crippen LogP contribution in [0.15, 0.2) is 53.7 Å². The number of hydrogen-bond donors (Lipinski definition) is 1. The Balaban J connectivity index is 1.42. The SMILES string of the molecule is COc1cccc(OCc2nnc(SCc3nc4ccccc4n3C)n2N)c1. The molecule has 0 aliphatic rings. The van der Waals surface area contributed by atoms with Crippen LogP contribution in [0.2, 0.25) is 0 Å². The van der Waals surface area contributed by atoms with E-state index < -0.39 is 0 Å². The summed E-state index contributed by atoms with van der Waals surface area (Å²) in [6.45, 7) is 0.212. The Kier molecular flexibility index (Phi) is 5.07. The second kappa shape index (κ2) is 7.81. The first-order valence-corrected chi connectivity index (χ1v) is 9.63. The summed E-state index contributed by atoms with van der Waals surface area (Å²) in [6, 6.07) is 15.4. The van der Waals surface area contributed by atoms with Gasteiger partial charge in [0.15, 0.2) is 5.82 Å². The molecule has 2 N–H and O–H groups in total. The molecular formula is C19H20N6O2S. The van der Waals surface area contributed by atoms with Gasteiger partial charge in [-0.15, -0.1) is 10.2 Å². The summed E-state index contributed by atoms with van der Waals surface area (Å²) in [7, 11) is 3.62. The lowest BCUT2D eigenvalue weighted by Crippen LogP contribution is -2.16. The average molecular weight is 396 g/mol. The molecular weight excluding hydrogens is 376 g/mol. The molecule has 0 bridgehead atoms. The van der Waals surface area contributed by atoms with Gasteiger partial charge in [0, 0.05) is 13.1 Å². The molecule has 4 rings (SSSR count). The molecule has 0 amide bonds. The highest BCUT2D eigenvalue weighted by molar-refractivity contribution is 7.98. The van der Waals surface area contributed by atoms with E-state index in [0.717, 1.165) is 22.6 Å². The molecule has 28 heavy (non-hydrogen) atoms. The van der Waals surface area contributed by atoms with Crippen molar-refractivity contribution in [2.45, 2.75) is 17.5 Å². The smallest absolute Gasteiger partial charge is 0.210 e. The highest BCUT2D eigenvalue weighted by atomic mass is 32.2. The van der Waals surface area contributed by atoms with Crippen molar-refractivity contribution in [2.24, 2.45) is 7.05 Å². The first-order chi connectivity index (χ1) is 13.7. The lowest BCUT2D eigenvalue weighted by Gasteiger charge is -2.07. The number of imidazole rings is 1. The molecule has 4 aromatic rings. The number of aromatic nitrogens is 5. The second-order valence-electron chi connectivity index (χ2n) is 6.10. The predicted octanol–water partition coefficient (Wildman–Crippen LogP) is 2.76. The number of fused-ring (bicyclic) bond motifs is 1. The molecule has 9 heteroatoms. The van der Waals surface area contributed by atoms with Crippen molar-refractivity contribution < 1.29 is 9.47 Å². The van der Waals surface area contributed by atoms with Gasteiger partial charge in [0.1, 0.15) is 23.9 Å². The van der Waals surface area contributed by atoms with E-state index in [9.17, 15) is 0 Å². The van der Waals surface area contributed by atoms with Gasteiger partial charge in [0.2, 0.25) is 5.16 Å². The van der Waals surface area contributed by atoms with Crippen LogP contribution in [0.1, 0.15) is 11.6 Å². The topological polar surface area (TPSA) is 93.0 Å². The number of nitrogens with two attached hydrogens (primary N) is 1. The van der Waals surface area contributed by atoms with Gasteiger partial charge >= 0.3 is 0 Å². The molecule has 2 aromatic heterocycles. The standard InChI is InChI=1S/C19H20N6O2S/c1-24-16-9-4-3-8-15(16)21-18(24)12-28-19-23-22-17(25(19)20)11-27-14-7-5-6-13(10-14)26-2/h3-10H,11-12,20H2,1-2H3. The fraction of sp³-hybridized carbons (Fsp3) is 0.211. The maximum Gasteiger partial charge on any atom is 0.210 e. The van der Waals surface area contributed by atoms with Crippen molar-refractivity contribution in [2.75, 3.05) is 13.0 Å². The number of ether oxygens (including phenoxy) is 2. The van der Waals surface area contributed by atoms with Crippen molar-refractivity contribution in [3.8, 4) is 11.5 Å². The van der Waals surface area contributed by atoms with Crippen molar-refractivity contribution in [3.05, 3.63) is 60.2 Å². The van der Waals surface area contributed by atoms with Crippen LogP contribution >= 0.6 is 11.8 Å². The van der Waals surface area contributed by atoms with E-state index in [2.05, 4.69) is 25.8 Å². The zero-order valence-electron chi connectivity index (χ0n) is 15.6. The summed E-state index contributed by atoms with van der Waals surface area (Å²) in [6.07, 6.45) is 0. The first-order valence-electron chi connectivity index (χ1n) is 8.65. The Morgan fingerprint density at radius 1 is 1.04 bits per heavy atom. The third-order valence-corrected chi connectivity index (χ3v) is 5.29. The van der Waals surface area contributed by atoms with Gasteiger partial charge < -0.3 is 19.9 Å².